The number of piperazine rings is 1. The zero-order valence-electron chi connectivity index (χ0n) is 12.4. The van der Waals surface area contributed by atoms with Crippen molar-refractivity contribution in [2.24, 2.45) is 0 Å². The van der Waals surface area contributed by atoms with Crippen LogP contribution >= 0.6 is 11.6 Å². The van der Waals surface area contributed by atoms with Crippen LogP contribution < -0.4 is 0 Å². The lowest BCUT2D eigenvalue weighted by Crippen LogP contribution is -2.50. The van der Waals surface area contributed by atoms with E-state index in [4.69, 9.17) is 16.9 Å². The second-order valence-electron chi connectivity index (χ2n) is 4.96. The van der Waals surface area contributed by atoms with Crippen LogP contribution in [0.4, 0.5) is 0 Å². The van der Waals surface area contributed by atoms with Crippen molar-refractivity contribution in [3.8, 4) is 6.07 Å². The molecule has 1 aliphatic rings. The van der Waals surface area contributed by atoms with Gasteiger partial charge in [0.1, 0.15) is 6.07 Å². The van der Waals surface area contributed by atoms with Gasteiger partial charge in [0, 0.05) is 26.2 Å². The van der Waals surface area contributed by atoms with E-state index in [-0.39, 0.29) is 47.4 Å². The van der Waals surface area contributed by atoms with Gasteiger partial charge in [0.25, 0.3) is 0 Å². The van der Waals surface area contributed by atoms with Crippen molar-refractivity contribution in [3.63, 3.8) is 0 Å². The maximum Gasteiger partial charge on any atom is 0.243 e. The van der Waals surface area contributed by atoms with Crippen LogP contribution in [0.3, 0.4) is 0 Å². The molecule has 0 radical (unpaired) electrons. The predicted molar refractivity (Wildman–Crippen MR) is 86.0 cm³/mol. The summed E-state index contributed by atoms with van der Waals surface area (Å²) in [5, 5.41) is 9.14. The van der Waals surface area contributed by atoms with E-state index in [1.54, 1.807) is 6.92 Å². The minimum absolute atomic E-state index is 0.0114. The van der Waals surface area contributed by atoms with E-state index < -0.39 is 20.0 Å². The lowest BCUT2D eigenvalue weighted by Gasteiger charge is -2.33. The molecule has 0 amide bonds. The van der Waals surface area contributed by atoms with Crippen LogP contribution in [0.5, 0.6) is 0 Å². The molecule has 7 nitrogen and oxygen atoms in total. The van der Waals surface area contributed by atoms with Crippen molar-refractivity contribution in [2.75, 3.05) is 31.9 Å². The van der Waals surface area contributed by atoms with Crippen molar-refractivity contribution < 1.29 is 16.8 Å². The highest BCUT2D eigenvalue weighted by Gasteiger charge is 2.32. The third-order valence-corrected chi connectivity index (χ3v) is 7.76. The van der Waals surface area contributed by atoms with E-state index in [9.17, 15) is 16.8 Å². The third-order valence-electron chi connectivity index (χ3n) is 3.65. The molecule has 1 aromatic carbocycles. The molecule has 0 saturated carbocycles. The largest absolute Gasteiger partial charge is 0.243 e. The van der Waals surface area contributed by atoms with Gasteiger partial charge in [-0.3, -0.25) is 0 Å². The fraction of sp³-hybridized carbons (Fsp3) is 0.462. The average Bonchev–Trinajstić information content (AvgIpc) is 2.55. The summed E-state index contributed by atoms with van der Waals surface area (Å²) >= 11 is 5.81. The van der Waals surface area contributed by atoms with Crippen LogP contribution in [0.2, 0.25) is 5.02 Å². The Labute approximate surface area is 141 Å². The molecular formula is C13H16ClN3O4S2. The van der Waals surface area contributed by atoms with Crippen LogP contribution in [0, 0.1) is 11.3 Å². The standard InChI is InChI=1S/C13H16ClN3O4S2/c1-2-22(18,19)16-5-7-17(8-6-16)23(20,21)12-3-4-13(14)11(9-12)10-15/h3-4,9H,2,5-8H2,1H3. The second-order valence-corrected chi connectivity index (χ2v) is 9.56. The number of hydrogen-bond donors (Lipinski definition) is 0. The molecule has 0 atom stereocenters. The maximum atomic E-state index is 12.6. The molecule has 1 aliphatic heterocycles. The van der Waals surface area contributed by atoms with Gasteiger partial charge < -0.3 is 0 Å². The van der Waals surface area contributed by atoms with Crippen molar-refractivity contribution in [2.45, 2.75) is 11.8 Å². The topological polar surface area (TPSA) is 98.6 Å². The first-order valence-electron chi connectivity index (χ1n) is 6.90. The summed E-state index contributed by atoms with van der Waals surface area (Å²) in [5.74, 6) is -0.0114. The summed E-state index contributed by atoms with van der Waals surface area (Å²) < 4.78 is 51.3. The van der Waals surface area contributed by atoms with Gasteiger partial charge in [0.05, 0.1) is 21.2 Å². The highest BCUT2D eigenvalue weighted by Crippen LogP contribution is 2.23. The number of benzene rings is 1. The van der Waals surface area contributed by atoms with Gasteiger partial charge in [-0.2, -0.15) is 13.9 Å². The number of hydrogen-bond acceptors (Lipinski definition) is 5. The third kappa shape index (κ3) is 3.67. The molecule has 0 bridgehead atoms. The van der Waals surface area contributed by atoms with E-state index >= 15 is 0 Å². The van der Waals surface area contributed by atoms with E-state index in [0.29, 0.717) is 0 Å². The molecule has 0 aromatic heterocycles. The minimum atomic E-state index is -3.78. The van der Waals surface area contributed by atoms with E-state index in [1.165, 1.54) is 26.8 Å². The molecule has 0 aliphatic carbocycles. The fourth-order valence-electron chi connectivity index (χ4n) is 2.27. The Morgan fingerprint density at radius 3 is 2.22 bits per heavy atom. The smallest absolute Gasteiger partial charge is 0.212 e. The first kappa shape index (κ1) is 18.2. The number of halogens is 1. The Morgan fingerprint density at radius 1 is 1.13 bits per heavy atom. The molecular weight excluding hydrogens is 362 g/mol. The Kier molecular flexibility index (Phi) is 5.33. The highest BCUT2D eigenvalue weighted by atomic mass is 35.5. The molecule has 10 heteroatoms. The fourth-order valence-corrected chi connectivity index (χ4v) is 4.96. The van der Waals surface area contributed by atoms with Crippen LogP contribution in [-0.4, -0.2) is 57.4 Å². The number of sulfonamides is 2. The van der Waals surface area contributed by atoms with Crippen LogP contribution in [-0.2, 0) is 20.0 Å². The molecule has 126 valence electrons. The van der Waals surface area contributed by atoms with Crippen molar-refractivity contribution in [3.05, 3.63) is 28.8 Å². The maximum absolute atomic E-state index is 12.6. The molecule has 1 fully saturated rings. The summed E-state index contributed by atoms with van der Waals surface area (Å²) in [7, 11) is -7.10. The Balaban J connectivity index is 2.22. The zero-order valence-corrected chi connectivity index (χ0v) is 14.8. The van der Waals surface area contributed by atoms with Crippen LogP contribution in [0.15, 0.2) is 23.1 Å². The summed E-state index contributed by atoms with van der Waals surface area (Å²) in [6.07, 6.45) is 0. The SMILES string of the molecule is CCS(=O)(=O)N1CCN(S(=O)(=O)c2ccc(Cl)c(C#N)c2)CC1. The lowest BCUT2D eigenvalue weighted by molar-refractivity contribution is 0.273. The molecule has 1 heterocycles. The van der Waals surface area contributed by atoms with Gasteiger partial charge in [-0.15, -0.1) is 0 Å². The first-order chi connectivity index (χ1) is 10.7. The molecule has 1 aromatic rings. The summed E-state index contributed by atoms with van der Waals surface area (Å²) in [6.45, 7) is 1.94. The Bertz CT molecular complexity index is 838. The predicted octanol–water partition coefficient (Wildman–Crippen LogP) is 0.868. The Morgan fingerprint density at radius 2 is 1.70 bits per heavy atom. The quantitative estimate of drug-likeness (QED) is 0.775. The summed E-state index contributed by atoms with van der Waals surface area (Å²) in [5.41, 5.74) is 0.0833. The lowest BCUT2D eigenvalue weighted by atomic mass is 10.2. The molecule has 2 rings (SSSR count). The van der Waals surface area contributed by atoms with E-state index in [1.807, 2.05) is 6.07 Å². The molecule has 23 heavy (non-hydrogen) atoms. The number of nitrogens with zero attached hydrogens (tertiary/aromatic N) is 3. The molecule has 0 unspecified atom stereocenters. The van der Waals surface area contributed by atoms with Crippen LogP contribution in [0.1, 0.15) is 12.5 Å². The number of rotatable bonds is 4. The summed E-state index contributed by atoms with van der Waals surface area (Å²) in [6, 6.07) is 5.78. The first-order valence-corrected chi connectivity index (χ1v) is 10.3. The second kappa shape index (κ2) is 6.75. The summed E-state index contributed by atoms with van der Waals surface area (Å²) in [4.78, 5) is -0.0229. The average molecular weight is 378 g/mol. The van der Waals surface area contributed by atoms with Gasteiger partial charge >= 0.3 is 0 Å². The van der Waals surface area contributed by atoms with Gasteiger partial charge in [-0.25, -0.2) is 16.8 Å². The van der Waals surface area contributed by atoms with Gasteiger partial charge in [-0.1, -0.05) is 11.6 Å². The zero-order chi connectivity index (χ0) is 17.3. The van der Waals surface area contributed by atoms with Crippen molar-refractivity contribution in [1.82, 2.24) is 8.61 Å². The van der Waals surface area contributed by atoms with Crippen LogP contribution in [0.25, 0.3) is 0 Å². The monoisotopic (exact) mass is 377 g/mol. The normalized spacial score (nSPS) is 17.8. The molecule has 1 saturated heterocycles. The van der Waals surface area contributed by atoms with E-state index in [0.717, 1.165) is 0 Å². The van der Waals surface area contributed by atoms with Gasteiger partial charge in [-0.05, 0) is 25.1 Å². The highest BCUT2D eigenvalue weighted by molar-refractivity contribution is 7.89. The van der Waals surface area contributed by atoms with Crippen molar-refractivity contribution >= 4 is 31.6 Å². The van der Waals surface area contributed by atoms with E-state index in [2.05, 4.69) is 0 Å². The van der Waals surface area contributed by atoms with Gasteiger partial charge in [0.2, 0.25) is 20.0 Å². The number of nitriles is 1. The Hall–Kier alpha value is -1.18. The van der Waals surface area contributed by atoms with Gasteiger partial charge in [0.15, 0.2) is 0 Å². The van der Waals surface area contributed by atoms with Crippen molar-refractivity contribution in [1.29, 1.82) is 5.26 Å². The minimum Gasteiger partial charge on any atom is -0.212 e. The molecule has 0 N–H and O–H groups in total. The molecule has 0 spiro atoms.